The third-order valence-electron chi connectivity index (χ3n) is 5.01. The van der Waals surface area contributed by atoms with Gasteiger partial charge in [-0.15, -0.1) is 10.2 Å². The highest BCUT2D eigenvalue weighted by atomic mass is 32.2. The summed E-state index contributed by atoms with van der Waals surface area (Å²) >= 11 is 1.17. The molecule has 2 N–H and O–H groups in total. The van der Waals surface area contributed by atoms with Crippen molar-refractivity contribution in [1.82, 2.24) is 14.9 Å². The van der Waals surface area contributed by atoms with Crippen LogP contribution in [0.2, 0.25) is 0 Å². The Morgan fingerprint density at radius 3 is 2.55 bits per heavy atom. The molecule has 2 atom stereocenters. The van der Waals surface area contributed by atoms with Gasteiger partial charge in [0.15, 0.2) is 5.82 Å². The summed E-state index contributed by atoms with van der Waals surface area (Å²) in [6.07, 6.45) is -3.94. The minimum atomic E-state index is -4.58. The Kier molecular flexibility index (Phi) is 5.65. The highest BCUT2D eigenvalue weighted by Gasteiger charge is 2.39. The fourth-order valence-corrected chi connectivity index (χ4v) is 4.49. The van der Waals surface area contributed by atoms with Crippen LogP contribution in [0.1, 0.15) is 35.5 Å². The highest BCUT2D eigenvalue weighted by molar-refractivity contribution is 8.00. The molecule has 0 spiro atoms. The van der Waals surface area contributed by atoms with Crippen LogP contribution in [0.5, 0.6) is 0 Å². The molecule has 6 nitrogen and oxygen atoms in total. The number of benzene rings is 2. The van der Waals surface area contributed by atoms with Crippen LogP contribution in [-0.4, -0.2) is 26.0 Å². The Morgan fingerprint density at radius 1 is 1.16 bits per heavy atom. The van der Waals surface area contributed by atoms with E-state index < -0.39 is 28.9 Å². The van der Waals surface area contributed by atoms with E-state index >= 15 is 0 Å². The number of carbonyl (C=O) groups is 1. The second-order valence-corrected chi connectivity index (χ2v) is 8.28. The quantitative estimate of drug-likeness (QED) is 0.613. The topological polar surface area (TPSA) is 71.8 Å². The summed E-state index contributed by atoms with van der Waals surface area (Å²) in [5.74, 6) is 0.160. The standard InChI is InChI=1S/C21H20F3N5OS/c1-3-16-26-27-20-29(16)28-17(13-10-8-12(2)9-11-13)18(31-20)19(30)25-15-7-5-4-6-14(15)21(22,23)24/h4-11,17-18,28H,3H2,1-2H3,(H,25,30)/t17-,18-/m0/s1. The summed E-state index contributed by atoms with van der Waals surface area (Å²) in [6, 6.07) is 12.1. The highest BCUT2D eigenvalue weighted by Crippen LogP contribution is 2.39. The van der Waals surface area contributed by atoms with Crippen LogP contribution in [0.4, 0.5) is 18.9 Å². The van der Waals surface area contributed by atoms with Gasteiger partial charge < -0.3 is 10.7 Å². The lowest BCUT2D eigenvalue weighted by Crippen LogP contribution is -2.41. The van der Waals surface area contributed by atoms with Crippen molar-refractivity contribution in [2.24, 2.45) is 0 Å². The average Bonchev–Trinajstić information content (AvgIpc) is 3.15. The fraction of sp³-hybridized carbons (Fsp3) is 0.286. The molecule has 0 unspecified atom stereocenters. The number of aromatic nitrogens is 3. The van der Waals surface area contributed by atoms with Gasteiger partial charge in [0.05, 0.1) is 17.3 Å². The number of alkyl halides is 3. The first-order valence-corrected chi connectivity index (χ1v) is 10.6. The molecule has 1 aromatic heterocycles. The van der Waals surface area contributed by atoms with E-state index in [0.717, 1.165) is 17.2 Å². The fourth-order valence-electron chi connectivity index (χ4n) is 3.39. The molecule has 2 heterocycles. The van der Waals surface area contributed by atoms with Crippen LogP contribution in [-0.2, 0) is 17.4 Å². The first-order chi connectivity index (χ1) is 14.8. The Balaban J connectivity index is 1.69. The van der Waals surface area contributed by atoms with Gasteiger partial charge in [0.25, 0.3) is 0 Å². The number of hydrogen-bond acceptors (Lipinski definition) is 5. The molecular formula is C21H20F3N5OS. The van der Waals surface area contributed by atoms with Crippen LogP contribution in [0, 0.1) is 6.92 Å². The van der Waals surface area contributed by atoms with Gasteiger partial charge in [-0.1, -0.05) is 60.6 Å². The van der Waals surface area contributed by atoms with E-state index in [0.29, 0.717) is 17.4 Å². The number of rotatable bonds is 4. The summed E-state index contributed by atoms with van der Waals surface area (Å²) in [4.78, 5) is 13.2. The lowest BCUT2D eigenvalue weighted by Gasteiger charge is -2.33. The second-order valence-electron chi connectivity index (χ2n) is 7.18. The summed E-state index contributed by atoms with van der Waals surface area (Å²) in [5.41, 5.74) is 4.02. The van der Waals surface area contributed by atoms with E-state index in [1.807, 2.05) is 38.1 Å². The minimum absolute atomic E-state index is 0.274. The third kappa shape index (κ3) is 4.25. The molecule has 0 saturated carbocycles. The van der Waals surface area contributed by atoms with Crippen LogP contribution < -0.4 is 10.7 Å². The van der Waals surface area contributed by atoms with Gasteiger partial charge >= 0.3 is 6.18 Å². The molecule has 162 valence electrons. The number of halogens is 3. The van der Waals surface area contributed by atoms with Crippen molar-refractivity contribution in [3.63, 3.8) is 0 Å². The van der Waals surface area contributed by atoms with Gasteiger partial charge in [-0.05, 0) is 24.6 Å². The van der Waals surface area contributed by atoms with Crippen LogP contribution in [0.3, 0.4) is 0 Å². The SMILES string of the molecule is CCc1nnc2n1N[C@@H](c1ccc(C)cc1)[C@@H](C(=O)Nc1ccccc1C(F)(F)F)S2. The molecule has 0 saturated heterocycles. The van der Waals surface area contributed by atoms with E-state index in [1.165, 1.54) is 30.0 Å². The van der Waals surface area contributed by atoms with Crippen molar-refractivity contribution in [3.8, 4) is 0 Å². The minimum Gasteiger partial charge on any atom is -0.324 e. The molecule has 0 radical (unpaired) electrons. The normalized spacial score (nSPS) is 18.2. The van der Waals surface area contributed by atoms with Crippen molar-refractivity contribution >= 4 is 23.4 Å². The van der Waals surface area contributed by atoms with Crippen molar-refractivity contribution in [3.05, 3.63) is 71.0 Å². The number of nitrogens with zero attached hydrogens (tertiary/aromatic N) is 3. The van der Waals surface area contributed by atoms with Crippen molar-refractivity contribution in [2.75, 3.05) is 10.7 Å². The maximum absolute atomic E-state index is 13.4. The molecule has 1 amide bonds. The van der Waals surface area contributed by atoms with Gasteiger partial charge in [0.1, 0.15) is 5.25 Å². The summed E-state index contributed by atoms with van der Waals surface area (Å²) < 4.78 is 41.8. The molecule has 3 aromatic rings. The molecule has 2 aromatic carbocycles. The van der Waals surface area contributed by atoms with Crippen LogP contribution in [0.25, 0.3) is 0 Å². The number of aryl methyl sites for hydroxylation is 2. The zero-order valence-corrected chi connectivity index (χ0v) is 17.6. The number of para-hydroxylation sites is 1. The molecule has 0 fully saturated rings. The van der Waals surface area contributed by atoms with E-state index in [2.05, 4.69) is 20.9 Å². The van der Waals surface area contributed by atoms with Gasteiger partial charge in [-0.3, -0.25) is 4.79 Å². The van der Waals surface area contributed by atoms with Crippen LogP contribution >= 0.6 is 11.8 Å². The maximum Gasteiger partial charge on any atom is 0.418 e. The van der Waals surface area contributed by atoms with Crippen LogP contribution in [0.15, 0.2) is 53.7 Å². The van der Waals surface area contributed by atoms with Crippen molar-refractivity contribution in [1.29, 1.82) is 0 Å². The predicted octanol–water partition coefficient (Wildman–Crippen LogP) is 4.57. The number of carbonyl (C=O) groups excluding carboxylic acids is 1. The molecule has 0 aliphatic carbocycles. The zero-order chi connectivity index (χ0) is 22.2. The number of amides is 1. The van der Waals surface area contributed by atoms with E-state index in [9.17, 15) is 18.0 Å². The summed E-state index contributed by atoms with van der Waals surface area (Å²) in [7, 11) is 0. The van der Waals surface area contributed by atoms with Gasteiger partial charge in [0.2, 0.25) is 11.1 Å². The number of thioether (sulfide) groups is 1. The second kappa shape index (κ2) is 8.26. The molecule has 4 rings (SSSR count). The molecule has 0 bridgehead atoms. The van der Waals surface area contributed by atoms with Gasteiger partial charge in [-0.2, -0.15) is 13.2 Å². The molecule has 1 aliphatic rings. The predicted molar refractivity (Wildman–Crippen MR) is 112 cm³/mol. The van der Waals surface area contributed by atoms with E-state index in [4.69, 9.17) is 0 Å². The smallest absolute Gasteiger partial charge is 0.324 e. The largest absolute Gasteiger partial charge is 0.418 e. The first-order valence-electron chi connectivity index (χ1n) is 9.69. The summed E-state index contributed by atoms with van der Waals surface area (Å²) in [5, 5.41) is 10.5. The number of fused-ring (bicyclic) bond motifs is 1. The summed E-state index contributed by atoms with van der Waals surface area (Å²) in [6.45, 7) is 3.90. The van der Waals surface area contributed by atoms with Crippen molar-refractivity contribution in [2.45, 2.75) is 42.9 Å². The molecular weight excluding hydrogens is 427 g/mol. The molecule has 10 heteroatoms. The number of hydrogen-bond donors (Lipinski definition) is 2. The molecule has 1 aliphatic heterocycles. The number of anilines is 1. The maximum atomic E-state index is 13.4. The number of nitrogens with one attached hydrogen (secondary N) is 2. The van der Waals surface area contributed by atoms with Crippen molar-refractivity contribution < 1.29 is 18.0 Å². The van der Waals surface area contributed by atoms with E-state index in [1.54, 1.807) is 4.68 Å². The monoisotopic (exact) mass is 447 g/mol. The van der Waals surface area contributed by atoms with E-state index in [-0.39, 0.29) is 5.69 Å². The van der Waals surface area contributed by atoms with Gasteiger partial charge in [-0.25, -0.2) is 4.68 Å². The zero-order valence-electron chi connectivity index (χ0n) is 16.8. The Morgan fingerprint density at radius 2 is 1.87 bits per heavy atom. The molecule has 31 heavy (non-hydrogen) atoms. The Bertz CT molecular complexity index is 1100. The van der Waals surface area contributed by atoms with Gasteiger partial charge in [0, 0.05) is 6.42 Å². The first kappa shape index (κ1) is 21.2. The lowest BCUT2D eigenvalue weighted by atomic mass is 10.0. The Hall–Kier alpha value is -3.01. The lowest BCUT2D eigenvalue weighted by molar-refractivity contribution is -0.137. The average molecular weight is 447 g/mol. The Labute approximate surface area is 181 Å². The third-order valence-corrected chi connectivity index (χ3v) is 6.22.